The van der Waals surface area contributed by atoms with Crippen molar-refractivity contribution in [2.45, 2.75) is 46.1 Å². The molecule has 0 aliphatic carbocycles. The molecule has 0 aromatic rings. The third-order valence-electron chi connectivity index (χ3n) is 1.66. The fraction of sp³-hybridized carbons (Fsp3) is 0.800. The smallest absolute Gasteiger partial charge is 0.307 e. The van der Waals surface area contributed by atoms with Gasteiger partial charge in [-0.2, -0.15) is 0 Å². The molecule has 4 heteroatoms. The molecule has 1 atom stereocenters. The molecule has 0 heterocycles. The molecule has 0 spiro atoms. The molecule has 0 radical (unpaired) electrons. The maximum atomic E-state index is 11.1. The van der Waals surface area contributed by atoms with E-state index in [0.717, 1.165) is 6.42 Å². The van der Waals surface area contributed by atoms with Crippen LogP contribution in [0.1, 0.15) is 40.0 Å². The molecular weight excluding hydrogens is 182 g/mol. The van der Waals surface area contributed by atoms with Crippen molar-refractivity contribution in [2.24, 2.45) is 0 Å². The van der Waals surface area contributed by atoms with E-state index in [-0.39, 0.29) is 24.3 Å². The van der Waals surface area contributed by atoms with Gasteiger partial charge in [-0.3, -0.25) is 9.59 Å². The normalized spacial score (nSPS) is 11.9. The number of hydrogen-bond acceptors (Lipinski definition) is 3. The Morgan fingerprint density at radius 2 is 2.00 bits per heavy atom. The Kier molecular flexibility index (Phi) is 6.80. The second kappa shape index (κ2) is 7.35. The van der Waals surface area contributed by atoms with Crippen molar-refractivity contribution in [3.63, 3.8) is 0 Å². The predicted molar refractivity (Wildman–Crippen MR) is 53.8 cm³/mol. The van der Waals surface area contributed by atoms with Gasteiger partial charge in [0.1, 0.15) is 0 Å². The lowest BCUT2D eigenvalue weighted by molar-refractivity contribution is -0.143. The number of carbonyl (C=O) groups is 2. The molecule has 0 aromatic carbocycles. The topological polar surface area (TPSA) is 55.4 Å². The molecule has 0 fully saturated rings. The van der Waals surface area contributed by atoms with Crippen LogP contribution in [0.4, 0.5) is 0 Å². The minimum absolute atomic E-state index is 0.00991. The minimum Gasteiger partial charge on any atom is -0.466 e. The first kappa shape index (κ1) is 12.9. The van der Waals surface area contributed by atoms with Gasteiger partial charge in [-0.05, 0) is 20.3 Å². The van der Waals surface area contributed by atoms with Crippen molar-refractivity contribution < 1.29 is 14.3 Å². The molecule has 1 N–H and O–H groups in total. The van der Waals surface area contributed by atoms with Gasteiger partial charge in [-0.1, -0.05) is 6.92 Å². The summed E-state index contributed by atoms with van der Waals surface area (Å²) in [5.74, 6) is -0.277. The van der Waals surface area contributed by atoms with Gasteiger partial charge in [0.2, 0.25) is 5.91 Å². The molecule has 0 saturated carbocycles. The van der Waals surface area contributed by atoms with Gasteiger partial charge in [-0.15, -0.1) is 0 Å². The highest BCUT2D eigenvalue weighted by atomic mass is 16.5. The Hall–Kier alpha value is -1.06. The summed E-state index contributed by atoms with van der Waals surface area (Å²) in [6, 6.07) is -0.145. The van der Waals surface area contributed by atoms with E-state index in [4.69, 9.17) is 4.74 Å². The van der Waals surface area contributed by atoms with Crippen LogP contribution in [0.2, 0.25) is 0 Å². The lowest BCUT2D eigenvalue weighted by Gasteiger charge is -2.12. The van der Waals surface area contributed by atoms with Crippen molar-refractivity contribution in [2.75, 3.05) is 6.61 Å². The van der Waals surface area contributed by atoms with E-state index in [9.17, 15) is 9.59 Å². The standard InChI is InChI=1S/C10H19NO3/c1-4-6-9(12)11-8(3)7-10(13)14-5-2/h8H,4-7H2,1-3H3,(H,11,12)/t8-/m0/s1. The Morgan fingerprint density at radius 3 is 2.50 bits per heavy atom. The van der Waals surface area contributed by atoms with Gasteiger partial charge in [-0.25, -0.2) is 0 Å². The molecule has 82 valence electrons. The zero-order valence-electron chi connectivity index (χ0n) is 9.13. The van der Waals surface area contributed by atoms with Crippen molar-refractivity contribution in [1.29, 1.82) is 0 Å². The maximum Gasteiger partial charge on any atom is 0.307 e. The van der Waals surface area contributed by atoms with Crippen molar-refractivity contribution in [1.82, 2.24) is 5.32 Å². The highest BCUT2D eigenvalue weighted by Crippen LogP contribution is 1.95. The van der Waals surface area contributed by atoms with Gasteiger partial charge in [0.05, 0.1) is 13.0 Å². The summed E-state index contributed by atoms with van der Waals surface area (Å²) in [6.07, 6.45) is 1.56. The van der Waals surface area contributed by atoms with Crippen molar-refractivity contribution >= 4 is 11.9 Å². The molecular formula is C10H19NO3. The maximum absolute atomic E-state index is 11.1. The number of rotatable bonds is 6. The van der Waals surface area contributed by atoms with Crippen LogP contribution in [0.15, 0.2) is 0 Å². The largest absolute Gasteiger partial charge is 0.466 e. The molecule has 14 heavy (non-hydrogen) atoms. The molecule has 0 aliphatic heterocycles. The number of nitrogens with one attached hydrogen (secondary N) is 1. The Labute approximate surface area is 85.0 Å². The second-order valence-electron chi connectivity index (χ2n) is 3.23. The lowest BCUT2D eigenvalue weighted by atomic mass is 10.2. The zero-order chi connectivity index (χ0) is 11.0. The summed E-state index contributed by atoms with van der Waals surface area (Å²) in [5.41, 5.74) is 0. The molecule has 4 nitrogen and oxygen atoms in total. The third kappa shape index (κ3) is 6.46. The number of carbonyl (C=O) groups excluding carboxylic acids is 2. The van der Waals surface area contributed by atoms with E-state index in [1.165, 1.54) is 0 Å². The van der Waals surface area contributed by atoms with Gasteiger partial charge in [0, 0.05) is 12.5 Å². The summed E-state index contributed by atoms with van der Waals surface area (Å²) in [4.78, 5) is 22.1. The van der Waals surface area contributed by atoms with E-state index in [2.05, 4.69) is 5.32 Å². The summed E-state index contributed by atoms with van der Waals surface area (Å²) in [6.45, 7) is 5.88. The molecule has 0 rings (SSSR count). The van der Waals surface area contributed by atoms with Gasteiger partial charge in [0.15, 0.2) is 0 Å². The number of amides is 1. The fourth-order valence-corrected chi connectivity index (χ4v) is 1.09. The molecule has 1 amide bonds. The van der Waals surface area contributed by atoms with Crippen LogP contribution in [0.25, 0.3) is 0 Å². The zero-order valence-corrected chi connectivity index (χ0v) is 9.13. The van der Waals surface area contributed by atoms with E-state index < -0.39 is 0 Å². The number of hydrogen-bond donors (Lipinski definition) is 1. The summed E-state index contributed by atoms with van der Waals surface area (Å²) in [5, 5.41) is 2.73. The second-order valence-corrected chi connectivity index (χ2v) is 3.23. The molecule has 0 aromatic heterocycles. The van der Waals surface area contributed by atoms with Crippen LogP contribution in [-0.2, 0) is 14.3 Å². The SMILES string of the molecule is CCCC(=O)N[C@@H](C)CC(=O)OCC. The van der Waals surface area contributed by atoms with Crippen molar-refractivity contribution in [3.05, 3.63) is 0 Å². The van der Waals surface area contributed by atoms with E-state index in [0.29, 0.717) is 13.0 Å². The Morgan fingerprint density at radius 1 is 1.36 bits per heavy atom. The van der Waals surface area contributed by atoms with Crippen LogP contribution < -0.4 is 5.32 Å². The van der Waals surface area contributed by atoms with E-state index in [1.54, 1.807) is 13.8 Å². The monoisotopic (exact) mass is 201 g/mol. The Balaban J connectivity index is 3.68. The average Bonchev–Trinajstić information content (AvgIpc) is 2.03. The van der Waals surface area contributed by atoms with E-state index >= 15 is 0 Å². The highest BCUT2D eigenvalue weighted by molar-refractivity contribution is 5.77. The summed E-state index contributed by atoms with van der Waals surface area (Å²) >= 11 is 0. The quantitative estimate of drug-likeness (QED) is 0.658. The van der Waals surface area contributed by atoms with Crippen LogP contribution in [0.3, 0.4) is 0 Å². The fourth-order valence-electron chi connectivity index (χ4n) is 1.09. The number of ether oxygens (including phenoxy) is 1. The molecule has 0 unspecified atom stereocenters. The first-order chi connectivity index (χ1) is 6.60. The highest BCUT2D eigenvalue weighted by Gasteiger charge is 2.11. The van der Waals surface area contributed by atoms with Crippen LogP contribution in [-0.4, -0.2) is 24.5 Å². The number of esters is 1. The first-order valence-electron chi connectivity index (χ1n) is 5.05. The van der Waals surface area contributed by atoms with Crippen LogP contribution in [0.5, 0.6) is 0 Å². The predicted octanol–water partition coefficient (Wildman–Crippen LogP) is 1.24. The van der Waals surface area contributed by atoms with E-state index in [1.807, 2.05) is 6.92 Å². The van der Waals surface area contributed by atoms with Crippen LogP contribution in [0, 0.1) is 0 Å². The van der Waals surface area contributed by atoms with Gasteiger partial charge in [0.25, 0.3) is 0 Å². The van der Waals surface area contributed by atoms with Crippen molar-refractivity contribution in [3.8, 4) is 0 Å². The first-order valence-corrected chi connectivity index (χ1v) is 5.05. The van der Waals surface area contributed by atoms with Crippen LogP contribution >= 0.6 is 0 Å². The third-order valence-corrected chi connectivity index (χ3v) is 1.66. The molecule has 0 saturated heterocycles. The lowest BCUT2D eigenvalue weighted by Crippen LogP contribution is -2.34. The average molecular weight is 201 g/mol. The Bertz CT molecular complexity index is 172. The summed E-state index contributed by atoms with van der Waals surface area (Å²) < 4.78 is 4.76. The minimum atomic E-state index is -0.267. The van der Waals surface area contributed by atoms with Gasteiger partial charge >= 0.3 is 5.97 Å². The van der Waals surface area contributed by atoms with Gasteiger partial charge < -0.3 is 10.1 Å². The molecule has 0 bridgehead atoms. The summed E-state index contributed by atoms with van der Waals surface area (Å²) in [7, 11) is 0. The molecule has 0 aliphatic rings.